The highest BCUT2D eigenvalue weighted by molar-refractivity contribution is 6.31. The number of hydrazone groups is 1. The molecule has 114 valence electrons. The van der Waals surface area contributed by atoms with Crippen molar-refractivity contribution in [1.82, 2.24) is 5.01 Å². The second-order valence-corrected chi connectivity index (χ2v) is 5.63. The van der Waals surface area contributed by atoms with Gasteiger partial charge in [-0.15, -0.1) is 0 Å². The highest BCUT2D eigenvalue weighted by Crippen LogP contribution is 2.19. The minimum Gasteiger partial charge on any atom is -0.398 e. The molecule has 6 heteroatoms. The Bertz CT molecular complexity index is 727. The first-order valence-electron chi connectivity index (χ1n) is 6.52. The molecule has 0 unspecified atom stereocenters. The molecule has 0 aliphatic rings. The SMILES string of the molecule is C/C(=N\N(C)C(=O)c1ccc(Cl)cc1)c1cc(Cl)ccc1N. The summed E-state index contributed by atoms with van der Waals surface area (Å²) in [5.41, 5.74) is 8.27. The molecular formula is C16H15Cl2N3O. The number of nitrogens with zero attached hydrogens (tertiary/aromatic N) is 2. The summed E-state index contributed by atoms with van der Waals surface area (Å²) >= 11 is 11.8. The lowest BCUT2D eigenvalue weighted by molar-refractivity contribution is 0.0799. The maximum absolute atomic E-state index is 12.3. The monoisotopic (exact) mass is 335 g/mol. The molecule has 0 aliphatic heterocycles. The lowest BCUT2D eigenvalue weighted by Gasteiger charge is -2.14. The molecule has 2 aromatic carbocycles. The first kappa shape index (κ1) is 16.3. The van der Waals surface area contributed by atoms with Gasteiger partial charge < -0.3 is 5.73 Å². The molecule has 0 aromatic heterocycles. The summed E-state index contributed by atoms with van der Waals surface area (Å²) in [6.07, 6.45) is 0. The summed E-state index contributed by atoms with van der Waals surface area (Å²) in [4.78, 5) is 12.3. The Morgan fingerprint density at radius 1 is 1.09 bits per heavy atom. The van der Waals surface area contributed by atoms with Crippen LogP contribution in [-0.4, -0.2) is 23.7 Å². The van der Waals surface area contributed by atoms with Gasteiger partial charge in [0.15, 0.2) is 0 Å². The van der Waals surface area contributed by atoms with Crippen LogP contribution in [0.15, 0.2) is 47.6 Å². The second kappa shape index (κ2) is 6.81. The van der Waals surface area contributed by atoms with E-state index in [0.717, 1.165) is 0 Å². The van der Waals surface area contributed by atoms with Gasteiger partial charge in [-0.3, -0.25) is 4.79 Å². The van der Waals surface area contributed by atoms with Crippen molar-refractivity contribution in [3.63, 3.8) is 0 Å². The van der Waals surface area contributed by atoms with Crippen LogP contribution in [0.25, 0.3) is 0 Å². The van der Waals surface area contributed by atoms with E-state index in [1.54, 1.807) is 56.4 Å². The van der Waals surface area contributed by atoms with Crippen LogP contribution in [0.1, 0.15) is 22.8 Å². The minimum atomic E-state index is -0.239. The second-order valence-electron chi connectivity index (χ2n) is 4.75. The summed E-state index contributed by atoms with van der Waals surface area (Å²) in [6.45, 7) is 1.77. The maximum Gasteiger partial charge on any atom is 0.273 e. The molecule has 2 aromatic rings. The van der Waals surface area contributed by atoms with Crippen LogP contribution in [0.3, 0.4) is 0 Å². The van der Waals surface area contributed by atoms with Crippen LogP contribution >= 0.6 is 23.2 Å². The van der Waals surface area contributed by atoms with E-state index in [9.17, 15) is 4.79 Å². The molecule has 0 bridgehead atoms. The van der Waals surface area contributed by atoms with Crippen molar-refractivity contribution in [2.24, 2.45) is 5.10 Å². The molecular weight excluding hydrogens is 321 g/mol. The number of hydrogen-bond donors (Lipinski definition) is 1. The predicted octanol–water partition coefficient (Wildman–Crippen LogP) is 4.07. The minimum absolute atomic E-state index is 0.239. The van der Waals surface area contributed by atoms with Crippen molar-refractivity contribution in [2.45, 2.75) is 6.92 Å². The average molecular weight is 336 g/mol. The van der Waals surface area contributed by atoms with Crippen molar-refractivity contribution in [2.75, 3.05) is 12.8 Å². The number of halogens is 2. The van der Waals surface area contributed by atoms with Gasteiger partial charge in [0.25, 0.3) is 5.91 Å². The van der Waals surface area contributed by atoms with Gasteiger partial charge >= 0.3 is 0 Å². The molecule has 4 nitrogen and oxygen atoms in total. The van der Waals surface area contributed by atoms with Gasteiger partial charge in [-0.05, 0) is 49.4 Å². The van der Waals surface area contributed by atoms with E-state index >= 15 is 0 Å². The number of amides is 1. The van der Waals surface area contributed by atoms with Crippen molar-refractivity contribution < 1.29 is 4.79 Å². The molecule has 0 radical (unpaired) electrons. The highest BCUT2D eigenvalue weighted by Gasteiger charge is 2.12. The third-order valence-electron chi connectivity index (χ3n) is 3.09. The Hall–Kier alpha value is -2.04. The van der Waals surface area contributed by atoms with Gasteiger partial charge in [-0.2, -0.15) is 5.10 Å². The quantitative estimate of drug-likeness (QED) is 0.522. The van der Waals surface area contributed by atoms with Crippen molar-refractivity contribution in [1.29, 1.82) is 0 Å². The molecule has 0 atom stereocenters. The molecule has 22 heavy (non-hydrogen) atoms. The number of nitrogen functional groups attached to an aromatic ring is 1. The van der Waals surface area contributed by atoms with Gasteiger partial charge in [0.2, 0.25) is 0 Å². The summed E-state index contributed by atoms with van der Waals surface area (Å²) in [7, 11) is 1.58. The van der Waals surface area contributed by atoms with Gasteiger partial charge in [-0.25, -0.2) is 5.01 Å². The molecule has 0 spiro atoms. The lowest BCUT2D eigenvalue weighted by atomic mass is 10.1. The Morgan fingerprint density at radius 3 is 2.32 bits per heavy atom. The first-order valence-corrected chi connectivity index (χ1v) is 7.28. The summed E-state index contributed by atoms with van der Waals surface area (Å²) < 4.78 is 0. The van der Waals surface area contributed by atoms with E-state index in [2.05, 4.69) is 5.10 Å². The standard InChI is InChI=1S/C16H15Cl2N3O/c1-10(14-9-13(18)7-8-15(14)19)20-21(2)16(22)11-3-5-12(17)6-4-11/h3-9H,19H2,1-2H3/b20-10+. The topological polar surface area (TPSA) is 58.7 Å². The average Bonchev–Trinajstić information content (AvgIpc) is 2.49. The molecule has 0 heterocycles. The number of nitrogens with two attached hydrogens (primary N) is 1. The molecule has 1 amide bonds. The van der Waals surface area contributed by atoms with Crippen molar-refractivity contribution in [3.8, 4) is 0 Å². The zero-order valence-corrected chi connectivity index (χ0v) is 13.7. The Labute approximate surface area is 139 Å². The van der Waals surface area contributed by atoms with Crippen LogP contribution in [0.2, 0.25) is 10.0 Å². The largest absolute Gasteiger partial charge is 0.398 e. The number of carbonyl (C=O) groups excluding carboxylic acids is 1. The van der Waals surface area contributed by atoms with Crippen LogP contribution in [0.4, 0.5) is 5.69 Å². The lowest BCUT2D eigenvalue weighted by Crippen LogP contribution is -2.23. The van der Waals surface area contributed by atoms with Crippen LogP contribution in [-0.2, 0) is 0 Å². The highest BCUT2D eigenvalue weighted by atomic mass is 35.5. The van der Waals surface area contributed by atoms with Gasteiger partial charge in [0.1, 0.15) is 0 Å². The fourth-order valence-electron chi connectivity index (χ4n) is 1.95. The molecule has 2 N–H and O–H groups in total. The fraction of sp³-hybridized carbons (Fsp3) is 0.125. The maximum atomic E-state index is 12.3. The van der Waals surface area contributed by atoms with Crippen molar-refractivity contribution in [3.05, 3.63) is 63.6 Å². The number of benzene rings is 2. The molecule has 0 fully saturated rings. The Balaban J connectivity index is 2.25. The first-order chi connectivity index (χ1) is 10.4. The number of carbonyl (C=O) groups is 1. The van der Waals surface area contributed by atoms with Crippen LogP contribution < -0.4 is 5.73 Å². The third kappa shape index (κ3) is 3.78. The van der Waals surface area contributed by atoms with E-state index in [1.165, 1.54) is 5.01 Å². The van der Waals surface area contributed by atoms with E-state index in [0.29, 0.717) is 32.6 Å². The zero-order valence-electron chi connectivity index (χ0n) is 12.2. The number of hydrogen-bond acceptors (Lipinski definition) is 3. The summed E-state index contributed by atoms with van der Waals surface area (Å²) in [5.74, 6) is -0.239. The molecule has 0 saturated heterocycles. The van der Waals surface area contributed by atoms with Gasteiger partial charge in [-0.1, -0.05) is 23.2 Å². The fourth-order valence-corrected chi connectivity index (χ4v) is 2.24. The van der Waals surface area contributed by atoms with Gasteiger partial charge in [0.05, 0.1) is 5.71 Å². The number of rotatable bonds is 3. The van der Waals surface area contributed by atoms with E-state index in [1.807, 2.05) is 0 Å². The molecule has 0 saturated carbocycles. The van der Waals surface area contributed by atoms with E-state index < -0.39 is 0 Å². The normalized spacial score (nSPS) is 11.4. The third-order valence-corrected chi connectivity index (χ3v) is 3.58. The smallest absolute Gasteiger partial charge is 0.273 e. The van der Waals surface area contributed by atoms with Crippen LogP contribution in [0, 0.1) is 0 Å². The summed E-state index contributed by atoms with van der Waals surface area (Å²) in [5, 5.41) is 6.67. The zero-order chi connectivity index (χ0) is 16.3. The number of anilines is 1. The van der Waals surface area contributed by atoms with E-state index in [-0.39, 0.29) is 5.91 Å². The Morgan fingerprint density at radius 2 is 1.68 bits per heavy atom. The molecule has 0 aliphatic carbocycles. The van der Waals surface area contributed by atoms with E-state index in [4.69, 9.17) is 28.9 Å². The predicted molar refractivity (Wildman–Crippen MR) is 91.6 cm³/mol. The van der Waals surface area contributed by atoms with Crippen LogP contribution in [0.5, 0.6) is 0 Å². The summed E-state index contributed by atoms with van der Waals surface area (Å²) in [6, 6.07) is 11.8. The molecule has 2 rings (SSSR count). The Kier molecular flexibility index (Phi) is 5.06. The van der Waals surface area contributed by atoms with Gasteiger partial charge in [0, 0.05) is 33.9 Å². The van der Waals surface area contributed by atoms with Crippen molar-refractivity contribution >= 4 is 40.5 Å².